The molecule has 0 spiro atoms. The summed E-state index contributed by atoms with van der Waals surface area (Å²) in [6.45, 7) is 7.05. The minimum Gasteiger partial charge on any atom is -0.479 e. The Kier molecular flexibility index (Phi) is 10.1. The average molecular weight is 451 g/mol. The lowest BCUT2D eigenvalue weighted by molar-refractivity contribution is -0.165. The smallest absolute Gasteiger partial charge is 0.345 e. The van der Waals surface area contributed by atoms with E-state index < -0.39 is 29.9 Å². The Morgan fingerprint density at radius 2 is 1.88 bits per heavy atom. The van der Waals surface area contributed by atoms with Gasteiger partial charge in [0.25, 0.3) is 0 Å². The van der Waals surface area contributed by atoms with E-state index in [-0.39, 0.29) is 30.1 Å². The number of Topliss-reactive ketones (excluding diaryl/α,β-unsaturated/α-hetero) is 1. The van der Waals surface area contributed by atoms with Gasteiger partial charge in [-0.25, -0.2) is 4.79 Å². The number of rotatable bonds is 13. The fourth-order valence-corrected chi connectivity index (χ4v) is 4.42. The molecule has 0 amide bonds. The van der Waals surface area contributed by atoms with Crippen molar-refractivity contribution in [2.24, 2.45) is 11.8 Å². The van der Waals surface area contributed by atoms with Crippen LogP contribution in [0.4, 0.5) is 0 Å². The van der Waals surface area contributed by atoms with Crippen molar-refractivity contribution < 1.29 is 33.7 Å². The van der Waals surface area contributed by atoms with Crippen LogP contribution in [0.2, 0.25) is 0 Å². The number of ether oxygens (including phenoxy) is 3. The molecule has 5 atom stereocenters. The first-order chi connectivity index (χ1) is 15.2. The molecule has 7 heteroatoms. The zero-order chi connectivity index (χ0) is 23.7. The lowest BCUT2D eigenvalue weighted by Crippen LogP contribution is -2.28. The van der Waals surface area contributed by atoms with Crippen molar-refractivity contribution in [2.45, 2.75) is 103 Å². The molecule has 0 radical (unpaired) electrons. The Balaban J connectivity index is 1.95. The van der Waals surface area contributed by atoms with Crippen molar-refractivity contribution >= 4 is 17.7 Å². The molecule has 0 aromatic carbocycles. The molecule has 2 fully saturated rings. The van der Waals surface area contributed by atoms with Crippen molar-refractivity contribution in [2.75, 3.05) is 0 Å². The first kappa shape index (κ1) is 26.3. The topological polar surface area (TPSA) is 99.1 Å². The van der Waals surface area contributed by atoms with Gasteiger partial charge in [0.05, 0.1) is 0 Å². The molecule has 2 rings (SSSR count). The van der Waals surface area contributed by atoms with Gasteiger partial charge in [-0.2, -0.15) is 0 Å². The molecule has 0 aromatic heterocycles. The monoisotopic (exact) mass is 450 g/mol. The molecule has 1 aliphatic heterocycles. The van der Waals surface area contributed by atoms with E-state index in [2.05, 4.69) is 19.1 Å². The molecule has 0 aromatic rings. The van der Waals surface area contributed by atoms with Gasteiger partial charge in [-0.3, -0.25) is 9.59 Å². The number of hydrogen-bond acceptors (Lipinski definition) is 6. The molecule has 1 saturated heterocycles. The zero-order valence-electron chi connectivity index (χ0n) is 19.7. The quantitative estimate of drug-likeness (QED) is 0.249. The summed E-state index contributed by atoms with van der Waals surface area (Å²) >= 11 is 0. The van der Waals surface area contributed by atoms with E-state index in [4.69, 9.17) is 19.3 Å². The molecule has 1 heterocycles. The SMILES string of the molecule is CCCCCCC=C[C@H]1[C@@H]2OC(C)(C)O[C@@H]2C(=O)[C@@H]1CC=CCCC(OC(C)=O)C(=O)O. The number of carboxylic acid groups (broad SMARTS) is 1. The minimum absolute atomic E-state index is 0.0436. The summed E-state index contributed by atoms with van der Waals surface area (Å²) in [6.07, 6.45) is 13.0. The third-order valence-corrected chi connectivity index (χ3v) is 5.94. The maximum atomic E-state index is 13.0. The van der Waals surface area contributed by atoms with E-state index in [9.17, 15) is 14.4 Å². The molecule has 1 unspecified atom stereocenters. The Morgan fingerprint density at radius 1 is 1.12 bits per heavy atom. The number of carbonyl (C=O) groups is 3. The third kappa shape index (κ3) is 7.55. The highest BCUT2D eigenvalue weighted by atomic mass is 16.8. The van der Waals surface area contributed by atoms with Crippen LogP contribution in [0.15, 0.2) is 24.3 Å². The highest BCUT2D eigenvalue weighted by Gasteiger charge is 2.57. The van der Waals surface area contributed by atoms with Crippen LogP contribution >= 0.6 is 0 Å². The number of carbonyl (C=O) groups excluding carboxylic acids is 2. The number of fused-ring (bicyclic) bond motifs is 1. The largest absolute Gasteiger partial charge is 0.479 e. The van der Waals surface area contributed by atoms with Crippen LogP contribution in [-0.4, -0.2) is 46.9 Å². The molecule has 0 bridgehead atoms. The molecule has 7 nitrogen and oxygen atoms in total. The lowest BCUT2D eigenvalue weighted by Gasteiger charge is -2.23. The minimum atomic E-state index is -1.16. The van der Waals surface area contributed by atoms with Gasteiger partial charge in [-0.1, -0.05) is 50.5 Å². The van der Waals surface area contributed by atoms with Gasteiger partial charge in [0.15, 0.2) is 17.7 Å². The van der Waals surface area contributed by atoms with E-state index in [0.29, 0.717) is 12.8 Å². The summed E-state index contributed by atoms with van der Waals surface area (Å²) in [5.41, 5.74) is 0. The summed E-state index contributed by atoms with van der Waals surface area (Å²) < 4.78 is 16.8. The Labute approximate surface area is 191 Å². The number of allylic oxidation sites excluding steroid dienone is 3. The van der Waals surface area contributed by atoms with Gasteiger partial charge in [0.1, 0.15) is 12.2 Å². The van der Waals surface area contributed by atoms with Crippen LogP contribution in [0.3, 0.4) is 0 Å². The van der Waals surface area contributed by atoms with E-state index in [1.807, 2.05) is 26.0 Å². The van der Waals surface area contributed by atoms with Crippen LogP contribution in [0.25, 0.3) is 0 Å². The molecule has 2 aliphatic rings. The van der Waals surface area contributed by atoms with Crippen molar-refractivity contribution in [1.82, 2.24) is 0 Å². The number of aliphatic carboxylic acids is 1. The number of hydrogen-bond donors (Lipinski definition) is 1. The van der Waals surface area contributed by atoms with Crippen molar-refractivity contribution in [3.63, 3.8) is 0 Å². The summed E-state index contributed by atoms with van der Waals surface area (Å²) in [5.74, 6) is -2.74. The van der Waals surface area contributed by atoms with Crippen LogP contribution in [0.1, 0.15) is 79.1 Å². The number of unbranched alkanes of at least 4 members (excludes halogenated alkanes) is 4. The average Bonchev–Trinajstić information content (AvgIpc) is 3.14. The second-order valence-corrected chi connectivity index (χ2v) is 9.11. The predicted molar refractivity (Wildman–Crippen MR) is 120 cm³/mol. The van der Waals surface area contributed by atoms with Gasteiger partial charge in [0.2, 0.25) is 0 Å². The lowest BCUT2D eigenvalue weighted by atomic mass is 9.90. The summed E-state index contributed by atoms with van der Waals surface area (Å²) in [4.78, 5) is 35.2. The van der Waals surface area contributed by atoms with E-state index >= 15 is 0 Å². The fourth-order valence-electron chi connectivity index (χ4n) is 4.42. The first-order valence-corrected chi connectivity index (χ1v) is 11.8. The Hall–Kier alpha value is -1.99. The molecule has 180 valence electrons. The zero-order valence-corrected chi connectivity index (χ0v) is 19.7. The summed E-state index contributed by atoms with van der Waals surface area (Å²) in [5, 5.41) is 9.12. The maximum absolute atomic E-state index is 13.0. The number of ketones is 1. The molecule has 1 saturated carbocycles. The van der Waals surface area contributed by atoms with E-state index in [0.717, 1.165) is 12.8 Å². The summed E-state index contributed by atoms with van der Waals surface area (Å²) in [7, 11) is 0. The highest BCUT2D eigenvalue weighted by molar-refractivity contribution is 5.90. The predicted octanol–water partition coefficient (Wildman–Crippen LogP) is 4.59. The maximum Gasteiger partial charge on any atom is 0.345 e. The molecule has 32 heavy (non-hydrogen) atoms. The normalized spacial score (nSPS) is 27.8. The Bertz CT molecular complexity index is 709. The number of esters is 1. The van der Waals surface area contributed by atoms with Crippen LogP contribution in [0.5, 0.6) is 0 Å². The Morgan fingerprint density at radius 3 is 2.53 bits per heavy atom. The third-order valence-electron chi connectivity index (χ3n) is 5.94. The van der Waals surface area contributed by atoms with Gasteiger partial charge >= 0.3 is 11.9 Å². The molecular formula is C25H38O7. The molecule has 1 N–H and O–H groups in total. The fraction of sp³-hybridized carbons (Fsp3) is 0.720. The van der Waals surface area contributed by atoms with Crippen molar-refractivity contribution in [3.05, 3.63) is 24.3 Å². The van der Waals surface area contributed by atoms with Crippen LogP contribution in [0, 0.1) is 11.8 Å². The van der Waals surface area contributed by atoms with Crippen LogP contribution in [-0.2, 0) is 28.6 Å². The first-order valence-electron chi connectivity index (χ1n) is 11.8. The second kappa shape index (κ2) is 12.3. The standard InChI is InChI=1S/C25H38O7/c1-5-6-7-8-9-11-15-19-18(21(27)23-22(19)31-25(3,4)32-23)14-12-10-13-16-20(24(28)29)30-17(2)26/h10-12,15,18-20,22-23H,5-9,13-14,16H2,1-4H3,(H,28,29)/t18-,19-,20?,22+,23-/m1/s1. The van der Waals surface area contributed by atoms with E-state index in [1.165, 1.54) is 26.2 Å². The molecular weight excluding hydrogens is 412 g/mol. The van der Waals surface area contributed by atoms with E-state index in [1.54, 1.807) is 0 Å². The van der Waals surface area contributed by atoms with Crippen molar-refractivity contribution in [1.29, 1.82) is 0 Å². The van der Waals surface area contributed by atoms with Gasteiger partial charge in [-0.05, 0) is 46.0 Å². The highest BCUT2D eigenvalue weighted by Crippen LogP contribution is 2.44. The number of carboxylic acids is 1. The summed E-state index contributed by atoms with van der Waals surface area (Å²) in [6, 6.07) is 0. The van der Waals surface area contributed by atoms with Crippen LogP contribution < -0.4 is 0 Å². The van der Waals surface area contributed by atoms with Gasteiger partial charge < -0.3 is 19.3 Å². The van der Waals surface area contributed by atoms with Gasteiger partial charge in [0, 0.05) is 18.8 Å². The second-order valence-electron chi connectivity index (χ2n) is 9.11. The van der Waals surface area contributed by atoms with Gasteiger partial charge in [-0.15, -0.1) is 0 Å². The van der Waals surface area contributed by atoms with Crippen molar-refractivity contribution in [3.8, 4) is 0 Å². The molecule has 1 aliphatic carbocycles.